The summed E-state index contributed by atoms with van der Waals surface area (Å²) in [6.07, 6.45) is 1.03. The van der Waals surface area contributed by atoms with Crippen LogP contribution >= 0.6 is 0 Å². The summed E-state index contributed by atoms with van der Waals surface area (Å²) in [6, 6.07) is -1.69. The maximum atomic E-state index is 12.6. The van der Waals surface area contributed by atoms with Crippen LogP contribution in [-0.2, 0) is 19.2 Å². The number of rotatable bonds is 7. The number of hydrogen-bond donors (Lipinski definition) is 4. The third kappa shape index (κ3) is 5.20. The van der Waals surface area contributed by atoms with E-state index in [0.29, 0.717) is 19.4 Å². The number of carboxylic acid groups (broad SMARTS) is 1. The Labute approximate surface area is 134 Å². The molecule has 1 heterocycles. The standard InChI is InChI=1S/C14H24N4O5/c1-8(2)12(17-11(20)7-16-10(19)6-15)13(21)18-5-3-4-9(18)14(22)23/h8-9,12H,3-7,15H2,1-2H3,(H,16,19)(H,17,20)(H,22,23). The number of hydrogen-bond acceptors (Lipinski definition) is 5. The molecule has 23 heavy (non-hydrogen) atoms. The molecule has 0 saturated carbocycles. The predicted octanol–water partition coefficient (Wildman–Crippen LogP) is -1.72. The molecule has 0 spiro atoms. The second kappa shape index (κ2) is 8.47. The lowest BCUT2D eigenvalue weighted by atomic mass is 10.0. The largest absolute Gasteiger partial charge is 0.480 e. The fourth-order valence-electron chi connectivity index (χ4n) is 2.45. The number of likely N-dealkylation sites (tertiary alicyclic amines) is 1. The first-order valence-corrected chi connectivity index (χ1v) is 7.57. The van der Waals surface area contributed by atoms with Crippen molar-refractivity contribution in [3.05, 3.63) is 0 Å². The molecule has 5 N–H and O–H groups in total. The summed E-state index contributed by atoms with van der Waals surface area (Å²) in [6.45, 7) is 3.36. The van der Waals surface area contributed by atoms with E-state index in [-0.39, 0.29) is 19.0 Å². The predicted molar refractivity (Wildman–Crippen MR) is 81.2 cm³/mol. The summed E-state index contributed by atoms with van der Waals surface area (Å²) in [4.78, 5) is 48.0. The third-order valence-corrected chi connectivity index (χ3v) is 3.70. The lowest BCUT2D eigenvalue weighted by Crippen LogP contribution is -2.55. The molecule has 1 aliphatic rings. The molecule has 2 unspecified atom stereocenters. The molecule has 0 bridgehead atoms. The summed E-state index contributed by atoms with van der Waals surface area (Å²) < 4.78 is 0. The van der Waals surface area contributed by atoms with E-state index in [1.807, 2.05) is 0 Å². The summed E-state index contributed by atoms with van der Waals surface area (Å²) in [5, 5.41) is 14.0. The van der Waals surface area contributed by atoms with Crippen molar-refractivity contribution in [2.45, 2.75) is 38.8 Å². The number of carboxylic acids is 1. The minimum absolute atomic E-state index is 0.216. The highest BCUT2D eigenvalue weighted by Gasteiger charge is 2.38. The first-order chi connectivity index (χ1) is 10.8. The molecule has 0 aromatic carbocycles. The number of nitrogens with one attached hydrogen (secondary N) is 2. The van der Waals surface area contributed by atoms with Gasteiger partial charge in [-0.3, -0.25) is 14.4 Å². The van der Waals surface area contributed by atoms with Gasteiger partial charge in [0.05, 0.1) is 13.1 Å². The Morgan fingerprint density at radius 3 is 2.43 bits per heavy atom. The molecule has 0 radical (unpaired) electrons. The van der Waals surface area contributed by atoms with Gasteiger partial charge in [0, 0.05) is 6.54 Å². The van der Waals surface area contributed by atoms with Crippen LogP contribution in [0.4, 0.5) is 0 Å². The average Bonchev–Trinajstić information content (AvgIpc) is 2.98. The molecule has 1 saturated heterocycles. The van der Waals surface area contributed by atoms with Crippen molar-refractivity contribution >= 4 is 23.7 Å². The Bertz CT molecular complexity index is 480. The van der Waals surface area contributed by atoms with Crippen molar-refractivity contribution in [3.8, 4) is 0 Å². The van der Waals surface area contributed by atoms with Crippen LogP contribution < -0.4 is 16.4 Å². The van der Waals surface area contributed by atoms with Gasteiger partial charge < -0.3 is 26.4 Å². The molecule has 1 rings (SSSR count). The van der Waals surface area contributed by atoms with Gasteiger partial charge in [0.25, 0.3) is 0 Å². The highest BCUT2D eigenvalue weighted by molar-refractivity contribution is 5.92. The van der Waals surface area contributed by atoms with Gasteiger partial charge in [-0.05, 0) is 18.8 Å². The van der Waals surface area contributed by atoms with E-state index in [0.717, 1.165) is 0 Å². The van der Waals surface area contributed by atoms with Gasteiger partial charge in [-0.15, -0.1) is 0 Å². The lowest BCUT2D eigenvalue weighted by Gasteiger charge is -2.29. The van der Waals surface area contributed by atoms with Gasteiger partial charge in [-0.1, -0.05) is 13.8 Å². The van der Waals surface area contributed by atoms with E-state index in [9.17, 15) is 19.2 Å². The van der Waals surface area contributed by atoms with Crippen LogP contribution in [0.5, 0.6) is 0 Å². The number of amides is 3. The third-order valence-electron chi connectivity index (χ3n) is 3.70. The van der Waals surface area contributed by atoms with Crippen molar-refractivity contribution in [2.24, 2.45) is 11.7 Å². The minimum Gasteiger partial charge on any atom is -0.480 e. The molecule has 0 aliphatic carbocycles. The highest BCUT2D eigenvalue weighted by Crippen LogP contribution is 2.20. The van der Waals surface area contributed by atoms with Gasteiger partial charge in [-0.2, -0.15) is 0 Å². The Hall–Kier alpha value is -2.16. The van der Waals surface area contributed by atoms with Gasteiger partial charge >= 0.3 is 5.97 Å². The zero-order chi connectivity index (χ0) is 17.6. The highest BCUT2D eigenvalue weighted by atomic mass is 16.4. The molecule has 0 aromatic heterocycles. The Balaban J connectivity index is 2.70. The maximum absolute atomic E-state index is 12.6. The Kier molecular flexibility index (Phi) is 6.95. The molecular formula is C14H24N4O5. The smallest absolute Gasteiger partial charge is 0.326 e. The second-order valence-corrected chi connectivity index (χ2v) is 5.80. The van der Waals surface area contributed by atoms with E-state index < -0.39 is 35.8 Å². The zero-order valence-electron chi connectivity index (χ0n) is 13.4. The molecule has 9 heteroatoms. The molecule has 130 valence electrons. The monoisotopic (exact) mass is 328 g/mol. The van der Waals surface area contributed by atoms with Crippen molar-refractivity contribution in [3.63, 3.8) is 0 Å². The number of carbonyl (C=O) groups excluding carboxylic acids is 3. The molecule has 0 aromatic rings. The van der Waals surface area contributed by atoms with E-state index in [2.05, 4.69) is 10.6 Å². The van der Waals surface area contributed by atoms with E-state index in [1.165, 1.54) is 4.90 Å². The Morgan fingerprint density at radius 1 is 1.26 bits per heavy atom. The van der Waals surface area contributed by atoms with Crippen molar-refractivity contribution in [1.29, 1.82) is 0 Å². The van der Waals surface area contributed by atoms with Crippen LogP contribution in [0.1, 0.15) is 26.7 Å². The number of carbonyl (C=O) groups is 4. The molecule has 1 aliphatic heterocycles. The lowest BCUT2D eigenvalue weighted by molar-refractivity contribution is -0.149. The van der Waals surface area contributed by atoms with Crippen LogP contribution in [0.3, 0.4) is 0 Å². The van der Waals surface area contributed by atoms with Crippen LogP contribution in [-0.4, -0.2) is 65.4 Å². The van der Waals surface area contributed by atoms with Crippen molar-refractivity contribution < 1.29 is 24.3 Å². The fraction of sp³-hybridized carbons (Fsp3) is 0.714. The van der Waals surface area contributed by atoms with Gasteiger partial charge in [0.2, 0.25) is 17.7 Å². The second-order valence-electron chi connectivity index (χ2n) is 5.80. The van der Waals surface area contributed by atoms with Crippen LogP contribution in [0, 0.1) is 5.92 Å². The Morgan fingerprint density at radius 2 is 1.91 bits per heavy atom. The van der Waals surface area contributed by atoms with Gasteiger partial charge in [-0.25, -0.2) is 4.79 Å². The van der Waals surface area contributed by atoms with Crippen LogP contribution in [0.25, 0.3) is 0 Å². The van der Waals surface area contributed by atoms with Crippen molar-refractivity contribution in [1.82, 2.24) is 15.5 Å². The maximum Gasteiger partial charge on any atom is 0.326 e. The SMILES string of the molecule is CC(C)C(NC(=O)CNC(=O)CN)C(=O)N1CCCC1C(=O)O. The first kappa shape index (κ1) is 18.9. The average molecular weight is 328 g/mol. The number of nitrogens with zero attached hydrogens (tertiary/aromatic N) is 1. The van der Waals surface area contributed by atoms with Gasteiger partial charge in [0.1, 0.15) is 12.1 Å². The molecular weight excluding hydrogens is 304 g/mol. The van der Waals surface area contributed by atoms with E-state index in [1.54, 1.807) is 13.8 Å². The zero-order valence-corrected chi connectivity index (χ0v) is 13.4. The summed E-state index contributed by atoms with van der Waals surface area (Å²) in [5.41, 5.74) is 5.12. The molecule has 2 atom stereocenters. The summed E-state index contributed by atoms with van der Waals surface area (Å²) >= 11 is 0. The molecule has 9 nitrogen and oxygen atoms in total. The fourth-order valence-corrected chi connectivity index (χ4v) is 2.45. The summed E-state index contributed by atoms with van der Waals surface area (Å²) in [7, 11) is 0. The minimum atomic E-state index is -1.04. The topological polar surface area (TPSA) is 142 Å². The number of aliphatic carboxylic acids is 1. The molecule has 3 amide bonds. The van der Waals surface area contributed by atoms with E-state index >= 15 is 0 Å². The molecule has 1 fully saturated rings. The van der Waals surface area contributed by atoms with Crippen LogP contribution in [0.2, 0.25) is 0 Å². The van der Waals surface area contributed by atoms with Gasteiger partial charge in [0.15, 0.2) is 0 Å². The van der Waals surface area contributed by atoms with Crippen molar-refractivity contribution in [2.75, 3.05) is 19.6 Å². The first-order valence-electron chi connectivity index (χ1n) is 7.57. The van der Waals surface area contributed by atoms with E-state index in [4.69, 9.17) is 10.8 Å². The summed E-state index contributed by atoms with van der Waals surface area (Å²) in [5.74, 6) is -2.67. The normalized spacial score (nSPS) is 18.6. The van der Waals surface area contributed by atoms with Crippen LogP contribution in [0.15, 0.2) is 0 Å². The number of nitrogens with two attached hydrogens (primary N) is 1. The quantitative estimate of drug-likeness (QED) is 0.438.